The molecule has 7 nitrogen and oxygen atoms in total. The van der Waals surface area contributed by atoms with Crippen molar-refractivity contribution < 1.29 is 19.1 Å². The number of rotatable bonds is 4. The van der Waals surface area contributed by atoms with Crippen LogP contribution in [0.15, 0.2) is 24.3 Å². The topological polar surface area (TPSA) is 88.6 Å². The zero-order chi connectivity index (χ0) is 20.8. The summed E-state index contributed by atoms with van der Waals surface area (Å²) in [7, 11) is 0. The smallest absolute Gasteiger partial charge is 0.326 e. The maximum atomic E-state index is 13.1. The molecule has 2 aliphatic rings. The van der Waals surface area contributed by atoms with Crippen LogP contribution in [0.3, 0.4) is 0 Å². The van der Waals surface area contributed by atoms with Gasteiger partial charge in [0.2, 0.25) is 0 Å². The molecular weight excluding hydrogens is 390 g/mol. The van der Waals surface area contributed by atoms with Crippen LogP contribution in [0.2, 0.25) is 0 Å². The highest BCUT2D eigenvalue weighted by Gasteiger charge is 2.56. The molecule has 2 aromatic rings. The van der Waals surface area contributed by atoms with Gasteiger partial charge in [-0.05, 0) is 42.7 Å². The molecular formula is C21H25N3O4S. The summed E-state index contributed by atoms with van der Waals surface area (Å²) in [6, 6.07) is 7.17. The van der Waals surface area contributed by atoms with Crippen LogP contribution in [0.25, 0.3) is 10.2 Å². The molecule has 1 saturated heterocycles. The first-order valence-electron chi connectivity index (χ1n) is 9.82. The Morgan fingerprint density at radius 1 is 1.31 bits per heavy atom. The number of para-hydroxylation sites is 1. The predicted molar refractivity (Wildman–Crippen MR) is 109 cm³/mol. The normalized spacial score (nSPS) is 26.2. The number of benzene rings is 1. The molecule has 2 heterocycles. The number of amides is 3. The molecule has 154 valence electrons. The number of carbonyl (C=O) groups is 3. The minimum absolute atomic E-state index is 0.0248. The monoisotopic (exact) mass is 415 g/mol. The maximum Gasteiger partial charge on any atom is 0.326 e. The average molecular weight is 416 g/mol. The number of hydrogen-bond donors (Lipinski definition) is 1. The molecule has 1 spiro atoms. The fraction of sp³-hybridized carbons (Fsp3) is 0.524. The number of aromatic nitrogens is 1. The Morgan fingerprint density at radius 3 is 2.79 bits per heavy atom. The van der Waals surface area contributed by atoms with Crippen molar-refractivity contribution >= 4 is 39.5 Å². The lowest BCUT2D eigenvalue weighted by Crippen LogP contribution is -2.54. The average Bonchev–Trinajstić information content (AvgIpc) is 3.12. The summed E-state index contributed by atoms with van der Waals surface area (Å²) in [6.45, 7) is 5.96. The van der Waals surface area contributed by atoms with Gasteiger partial charge in [-0.2, -0.15) is 0 Å². The highest BCUT2D eigenvalue weighted by atomic mass is 32.1. The van der Waals surface area contributed by atoms with Crippen molar-refractivity contribution in [2.75, 3.05) is 6.54 Å². The number of nitrogens with one attached hydrogen (secondary N) is 1. The van der Waals surface area contributed by atoms with E-state index in [0.29, 0.717) is 23.8 Å². The third-order valence-corrected chi connectivity index (χ3v) is 6.62. The molecule has 1 saturated carbocycles. The molecule has 3 amide bonds. The summed E-state index contributed by atoms with van der Waals surface area (Å²) in [5.74, 6) is -0.624. The fourth-order valence-electron chi connectivity index (χ4n) is 4.95. The largest absolute Gasteiger partial charge is 0.457 e. The van der Waals surface area contributed by atoms with Crippen LogP contribution < -0.4 is 5.32 Å². The number of nitrogens with zero attached hydrogens (tertiary/aromatic N) is 2. The number of urea groups is 1. The Balaban J connectivity index is 1.40. The van der Waals surface area contributed by atoms with Gasteiger partial charge in [0.05, 0.1) is 10.2 Å². The van der Waals surface area contributed by atoms with Gasteiger partial charge in [-0.1, -0.05) is 32.9 Å². The van der Waals surface area contributed by atoms with Crippen molar-refractivity contribution in [3.63, 3.8) is 0 Å². The summed E-state index contributed by atoms with van der Waals surface area (Å²) in [5.41, 5.74) is -0.108. The third kappa shape index (κ3) is 3.85. The molecule has 1 aliphatic heterocycles. The van der Waals surface area contributed by atoms with E-state index in [2.05, 4.69) is 31.1 Å². The Labute approximate surface area is 173 Å². The summed E-state index contributed by atoms with van der Waals surface area (Å²) in [6.07, 6.45) is 2.17. The van der Waals surface area contributed by atoms with E-state index >= 15 is 0 Å². The first-order chi connectivity index (χ1) is 13.7. The lowest BCUT2D eigenvalue weighted by Gasteiger charge is -2.43. The molecule has 4 rings (SSSR count). The van der Waals surface area contributed by atoms with E-state index in [0.717, 1.165) is 21.5 Å². The Kier molecular flexibility index (Phi) is 4.85. The maximum absolute atomic E-state index is 13.1. The van der Waals surface area contributed by atoms with E-state index in [1.54, 1.807) is 0 Å². The first-order valence-corrected chi connectivity index (χ1v) is 10.6. The summed E-state index contributed by atoms with van der Waals surface area (Å²) >= 11 is 1.45. The van der Waals surface area contributed by atoms with E-state index < -0.39 is 17.5 Å². The SMILES string of the molecule is C[C@@H]1CC(C)(C)C[C@@]2(C1)NC(=O)N(CC(=O)OCc1nc3ccccc3s1)C2=O. The van der Waals surface area contributed by atoms with Crippen molar-refractivity contribution in [1.82, 2.24) is 15.2 Å². The van der Waals surface area contributed by atoms with E-state index in [-0.39, 0.29) is 24.5 Å². The van der Waals surface area contributed by atoms with Crippen LogP contribution in [-0.2, 0) is 20.9 Å². The zero-order valence-electron chi connectivity index (χ0n) is 16.9. The van der Waals surface area contributed by atoms with E-state index in [1.807, 2.05) is 24.3 Å². The van der Waals surface area contributed by atoms with Gasteiger partial charge in [0, 0.05) is 0 Å². The molecule has 0 bridgehead atoms. The molecule has 2 atom stereocenters. The van der Waals surface area contributed by atoms with Crippen molar-refractivity contribution in [2.45, 2.75) is 52.2 Å². The Bertz CT molecular complexity index is 952. The van der Waals surface area contributed by atoms with Crippen LogP contribution in [0.4, 0.5) is 4.79 Å². The first kappa shape index (κ1) is 19.8. The van der Waals surface area contributed by atoms with E-state index in [4.69, 9.17) is 4.74 Å². The third-order valence-electron chi connectivity index (χ3n) is 5.61. The van der Waals surface area contributed by atoms with Crippen LogP contribution in [0, 0.1) is 11.3 Å². The number of esters is 1. The number of carbonyl (C=O) groups excluding carboxylic acids is 3. The number of hydrogen-bond acceptors (Lipinski definition) is 6. The van der Waals surface area contributed by atoms with Gasteiger partial charge < -0.3 is 10.1 Å². The van der Waals surface area contributed by atoms with Gasteiger partial charge >= 0.3 is 12.0 Å². The Hall–Kier alpha value is -2.48. The number of imide groups is 1. The van der Waals surface area contributed by atoms with Gasteiger partial charge in [-0.3, -0.25) is 14.5 Å². The molecule has 29 heavy (non-hydrogen) atoms. The molecule has 0 radical (unpaired) electrons. The quantitative estimate of drug-likeness (QED) is 0.610. The molecule has 2 fully saturated rings. The second-order valence-corrected chi connectivity index (χ2v) is 10.1. The fourth-order valence-corrected chi connectivity index (χ4v) is 5.83. The van der Waals surface area contributed by atoms with Crippen LogP contribution in [0.1, 0.15) is 45.0 Å². The predicted octanol–water partition coefficient (Wildman–Crippen LogP) is 3.48. The summed E-state index contributed by atoms with van der Waals surface area (Å²) in [4.78, 5) is 43.3. The molecule has 1 aliphatic carbocycles. The van der Waals surface area contributed by atoms with Gasteiger partial charge in [-0.15, -0.1) is 11.3 Å². The van der Waals surface area contributed by atoms with Gasteiger partial charge in [-0.25, -0.2) is 9.78 Å². The molecule has 8 heteroatoms. The highest BCUT2D eigenvalue weighted by Crippen LogP contribution is 2.46. The standard InChI is InChI=1S/C21H25N3O4S/c1-13-8-20(2,3)12-21(9-13)18(26)24(19(27)23-21)10-17(25)28-11-16-22-14-6-4-5-7-15(14)29-16/h4-7,13H,8-12H2,1-3H3,(H,23,27)/t13-,21-/m1/s1. The van der Waals surface area contributed by atoms with Gasteiger partial charge in [0.25, 0.3) is 5.91 Å². The number of fused-ring (bicyclic) bond motifs is 1. The van der Waals surface area contributed by atoms with Crippen LogP contribution >= 0.6 is 11.3 Å². The summed E-state index contributed by atoms with van der Waals surface area (Å²) < 4.78 is 6.31. The lowest BCUT2D eigenvalue weighted by molar-refractivity contribution is -0.149. The second kappa shape index (κ2) is 7.09. The van der Waals surface area contributed by atoms with Crippen molar-refractivity contribution in [2.24, 2.45) is 11.3 Å². The minimum Gasteiger partial charge on any atom is -0.457 e. The van der Waals surface area contributed by atoms with Crippen molar-refractivity contribution in [3.05, 3.63) is 29.3 Å². The molecule has 1 aromatic carbocycles. The molecule has 1 aromatic heterocycles. The van der Waals surface area contributed by atoms with E-state index in [9.17, 15) is 14.4 Å². The number of ether oxygens (including phenoxy) is 1. The molecule has 0 unspecified atom stereocenters. The van der Waals surface area contributed by atoms with Crippen molar-refractivity contribution in [3.8, 4) is 0 Å². The highest BCUT2D eigenvalue weighted by molar-refractivity contribution is 7.18. The van der Waals surface area contributed by atoms with E-state index in [1.165, 1.54) is 11.3 Å². The Morgan fingerprint density at radius 2 is 2.07 bits per heavy atom. The van der Waals surface area contributed by atoms with Crippen LogP contribution in [-0.4, -0.2) is 39.9 Å². The van der Waals surface area contributed by atoms with Crippen LogP contribution in [0.5, 0.6) is 0 Å². The van der Waals surface area contributed by atoms with Crippen molar-refractivity contribution in [1.29, 1.82) is 0 Å². The number of thiazole rings is 1. The minimum atomic E-state index is -0.911. The van der Waals surface area contributed by atoms with Gasteiger partial charge in [0.15, 0.2) is 0 Å². The van der Waals surface area contributed by atoms with Gasteiger partial charge in [0.1, 0.15) is 23.7 Å². The summed E-state index contributed by atoms with van der Waals surface area (Å²) in [5, 5.41) is 3.55. The zero-order valence-corrected chi connectivity index (χ0v) is 17.7. The second-order valence-electron chi connectivity index (χ2n) is 8.99. The molecule has 1 N–H and O–H groups in total. The lowest BCUT2D eigenvalue weighted by atomic mass is 9.64.